The van der Waals surface area contributed by atoms with Crippen LogP contribution in [-0.4, -0.2) is 21.1 Å². The lowest BCUT2D eigenvalue weighted by Gasteiger charge is -2.13. The van der Waals surface area contributed by atoms with E-state index >= 15 is 0 Å². The van der Waals surface area contributed by atoms with Gasteiger partial charge in [0.05, 0.1) is 11.3 Å². The minimum atomic E-state index is -0.284. The van der Waals surface area contributed by atoms with Gasteiger partial charge in [0.25, 0.3) is 0 Å². The summed E-state index contributed by atoms with van der Waals surface area (Å²) in [5.74, 6) is 0.612. The summed E-state index contributed by atoms with van der Waals surface area (Å²) in [6.45, 7) is 4.08. The van der Waals surface area contributed by atoms with Crippen molar-refractivity contribution in [2.45, 2.75) is 13.8 Å². The summed E-state index contributed by atoms with van der Waals surface area (Å²) in [5.41, 5.74) is 6.17. The molecule has 2 aromatic heterocycles. The van der Waals surface area contributed by atoms with Crippen LogP contribution in [0.2, 0.25) is 0 Å². The molecule has 0 amide bonds. The van der Waals surface area contributed by atoms with Crippen LogP contribution in [0.1, 0.15) is 37.7 Å². The van der Waals surface area contributed by atoms with Gasteiger partial charge in [0.1, 0.15) is 17.1 Å². The normalized spacial score (nSPS) is 13.1. The number of ketones is 2. The maximum Gasteiger partial charge on any atom is 0.246 e. The molecule has 1 aliphatic carbocycles. The van der Waals surface area contributed by atoms with Crippen LogP contribution in [0.25, 0.3) is 45.1 Å². The number of allylic oxidation sites excluding steroid dienone is 1. The highest BCUT2D eigenvalue weighted by atomic mass is 16.3. The van der Waals surface area contributed by atoms with Crippen LogP contribution in [-0.2, 0) is 0 Å². The van der Waals surface area contributed by atoms with Crippen molar-refractivity contribution in [1.82, 2.24) is 9.55 Å². The summed E-state index contributed by atoms with van der Waals surface area (Å²) in [6.07, 6.45) is 1.61. The Morgan fingerprint density at radius 2 is 1.34 bits per heavy atom. The molecule has 0 bridgehead atoms. The standard InChI is InChI=1S/C33H22N2O3/c1-19-9-8-10-20(2)30(19)35-27-18-28(21-11-4-3-5-12-21)38-33(27)34-29(35)17-26-31(36)24-15-22-13-6-7-14-23(22)16-25(24)32(26)37/h3-18H,1-2H3. The van der Waals surface area contributed by atoms with Crippen LogP contribution in [0.5, 0.6) is 0 Å². The first kappa shape index (κ1) is 22.2. The summed E-state index contributed by atoms with van der Waals surface area (Å²) in [7, 11) is 0. The van der Waals surface area contributed by atoms with Crippen LogP contribution in [0.4, 0.5) is 0 Å². The molecule has 38 heavy (non-hydrogen) atoms. The number of carbonyl (C=O) groups is 2. The third-order valence-corrected chi connectivity index (χ3v) is 7.24. The van der Waals surface area contributed by atoms with E-state index in [-0.39, 0.29) is 17.1 Å². The highest BCUT2D eigenvalue weighted by molar-refractivity contribution is 6.42. The van der Waals surface area contributed by atoms with Crippen LogP contribution in [0, 0.1) is 13.8 Å². The zero-order chi connectivity index (χ0) is 26.0. The van der Waals surface area contributed by atoms with Crippen molar-refractivity contribution in [2.24, 2.45) is 0 Å². The molecule has 2 heterocycles. The molecule has 0 saturated heterocycles. The molecule has 0 atom stereocenters. The number of hydrogen-bond acceptors (Lipinski definition) is 4. The molecular weight excluding hydrogens is 472 g/mol. The number of hydrogen-bond donors (Lipinski definition) is 0. The lowest BCUT2D eigenvalue weighted by atomic mass is 10.0. The molecule has 182 valence electrons. The summed E-state index contributed by atoms with van der Waals surface area (Å²) in [5, 5.41) is 1.85. The van der Waals surface area contributed by atoms with Crippen molar-refractivity contribution < 1.29 is 14.0 Å². The van der Waals surface area contributed by atoms with E-state index in [1.807, 2.05) is 109 Å². The van der Waals surface area contributed by atoms with Crippen LogP contribution >= 0.6 is 0 Å². The molecule has 0 fully saturated rings. The molecule has 0 radical (unpaired) electrons. The number of Topliss-reactive ketones (excluding diaryl/α,β-unsaturated/α-hetero) is 2. The fourth-order valence-electron chi connectivity index (χ4n) is 5.39. The van der Waals surface area contributed by atoms with E-state index in [4.69, 9.17) is 9.40 Å². The molecule has 7 rings (SSSR count). The van der Waals surface area contributed by atoms with Gasteiger partial charge in [-0.05, 0) is 54.0 Å². The third kappa shape index (κ3) is 3.29. The topological polar surface area (TPSA) is 65.1 Å². The maximum absolute atomic E-state index is 13.5. The van der Waals surface area contributed by atoms with E-state index in [0.717, 1.165) is 38.7 Å². The van der Waals surface area contributed by atoms with Crippen molar-refractivity contribution >= 4 is 39.6 Å². The molecule has 4 aromatic carbocycles. The average Bonchev–Trinajstić information content (AvgIpc) is 3.55. The van der Waals surface area contributed by atoms with Crippen LogP contribution in [0.3, 0.4) is 0 Å². The van der Waals surface area contributed by atoms with Crippen molar-refractivity contribution in [3.63, 3.8) is 0 Å². The Morgan fingerprint density at radius 1 is 0.737 bits per heavy atom. The molecule has 6 aromatic rings. The first-order valence-corrected chi connectivity index (χ1v) is 12.5. The van der Waals surface area contributed by atoms with E-state index < -0.39 is 0 Å². The molecule has 5 heteroatoms. The molecule has 1 aliphatic rings. The molecule has 5 nitrogen and oxygen atoms in total. The Balaban J connectivity index is 1.44. The first-order valence-electron chi connectivity index (χ1n) is 12.5. The molecule has 0 spiro atoms. The minimum absolute atomic E-state index is 0.110. The first-order chi connectivity index (χ1) is 18.5. The van der Waals surface area contributed by atoms with Gasteiger partial charge in [-0.1, -0.05) is 72.8 Å². The molecular formula is C33H22N2O3. The number of imidazole rings is 1. The number of furan rings is 1. The molecule has 0 saturated carbocycles. The number of aryl methyl sites for hydroxylation is 2. The average molecular weight is 495 g/mol. The monoisotopic (exact) mass is 494 g/mol. The van der Waals surface area contributed by atoms with Crippen molar-refractivity contribution in [2.75, 3.05) is 0 Å². The van der Waals surface area contributed by atoms with Crippen molar-refractivity contribution in [3.8, 4) is 17.0 Å². The fraction of sp³-hybridized carbons (Fsp3) is 0.0606. The SMILES string of the molecule is Cc1cccc(C)c1-n1c(C=C2C(=O)c3cc4ccccc4cc3C2=O)nc2oc(-c3ccccc3)cc21. The van der Waals surface area contributed by atoms with Crippen LogP contribution < -0.4 is 0 Å². The second kappa shape index (κ2) is 8.25. The predicted molar refractivity (Wildman–Crippen MR) is 149 cm³/mol. The van der Waals surface area contributed by atoms with Gasteiger partial charge in [-0.3, -0.25) is 14.2 Å². The highest BCUT2D eigenvalue weighted by Gasteiger charge is 2.34. The lowest BCUT2D eigenvalue weighted by molar-refractivity contribution is 0.0990. The highest BCUT2D eigenvalue weighted by Crippen LogP contribution is 2.35. The fourth-order valence-corrected chi connectivity index (χ4v) is 5.39. The third-order valence-electron chi connectivity index (χ3n) is 7.24. The van der Waals surface area contributed by atoms with Gasteiger partial charge in [-0.2, -0.15) is 4.98 Å². The second-order valence-electron chi connectivity index (χ2n) is 9.67. The van der Waals surface area contributed by atoms with Crippen molar-refractivity contribution in [1.29, 1.82) is 0 Å². The largest absolute Gasteiger partial charge is 0.436 e. The number of nitrogens with zero attached hydrogens (tertiary/aromatic N) is 2. The van der Waals surface area contributed by atoms with E-state index in [1.54, 1.807) is 6.08 Å². The zero-order valence-corrected chi connectivity index (χ0v) is 20.9. The van der Waals surface area contributed by atoms with Gasteiger partial charge in [0.2, 0.25) is 5.71 Å². The van der Waals surface area contributed by atoms with Gasteiger partial charge < -0.3 is 4.42 Å². The number of fused-ring (bicyclic) bond motifs is 3. The van der Waals surface area contributed by atoms with E-state index in [1.165, 1.54) is 0 Å². The van der Waals surface area contributed by atoms with E-state index in [0.29, 0.717) is 28.4 Å². The van der Waals surface area contributed by atoms with Gasteiger partial charge >= 0.3 is 0 Å². The molecule has 0 aliphatic heterocycles. The minimum Gasteiger partial charge on any atom is -0.436 e. The Morgan fingerprint density at radius 3 is 1.97 bits per heavy atom. The van der Waals surface area contributed by atoms with Crippen LogP contribution in [0.15, 0.2) is 101 Å². The number of aromatic nitrogens is 2. The number of rotatable bonds is 3. The van der Waals surface area contributed by atoms with Gasteiger partial charge in [-0.25, -0.2) is 0 Å². The Kier molecular flexibility index (Phi) is 4.82. The summed E-state index contributed by atoms with van der Waals surface area (Å²) in [4.78, 5) is 31.7. The quantitative estimate of drug-likeness (QED) is 0.189. The van der Waals surface area contributed by atoms with Gasteiger partial charge in [0.15, 0.2) is 11.6 Å². The Bertz CT molecular complexity index is 1900. The van der Waals surface area contributed by atoms with Gasteiger partial charge in [0, 0.05) is 22.8 Å². The second-order valence-corrected chi connectivity index (χ2v) is 9.67. The Labute approximate surface area is 218 Å². The van der Waals surface area contributed by atoms with E-state index in [2.05, 4.69) is 0 Å². The predicted octanol–water partition coefficient (Wildman–Crippen LogP) is 7.52. The van der Waals surface area contributed by atoms with Crippen molar-refractivity contribution in [3.05, 3.63) is 125 Å². The Hall–Kier alpha value is -5.03. The smallest absolute Gasteiger partial charge is 0.246 e. The van der Waals surface area contributed by atoms with E-state index in [9.17, 15) is 9.59 Å². The summed E-state index contributed by atoms with van der Waals surface area (Å²) >= 11 is 0. The molecule has 0 unspecified atom stereocenters. The summed E-state index contributed by atoms with van der Waals surface area (Å²) in [6, 6.07) is 29.3. The number of benzene rings is 4. The van der Waals surface area contributed by atoms with Gasteiger partial charge in [-0.15, -0.1) is 0 Å². The number of para-hydroxylation sites is 1. The molecule has 0 N–H and O–H groups in total. The summed E-state index contributed by atoms with van der Waals surface area (Å²) < 4.78 is 8.17. The maximum atomic E-state index is 13.5. The number of carbonyl (C=O) groups excluding carboxylic acids is 2. The zero-order valence-electron chi connectivity index (χ0n) is 20.9. The lowest BCUT2D eigenvalue weighted by Crippen LogP contribution is -2.05.